The van der Waals surface area contributed by atoms with Crippen molar-refractivity contribution in [3.63, 3.8) is 0 Å². The van der Waals surface area contributed by atoms with E-state index >= 15 is 0 Å². The van der Waals surface area contributed by atoms with Gasteiger partial charge in [-0.3, -0.25) is 0 Å². The second kappa shape index (κ2) is 2.91. The molecule has 0 fully saturated rings. The summed E-state index contributed by atoms with van der Waals surface area (Å²) in [5.74, 6) is 0. The molecule has 0 unspecified atom stereocenters. The van der Waals surface area contributed by atoms with Gasteiger partial charge in [-0.05, 0) is 0 Å². The van der Waals surface area contributed by atoms with Crippen molar-refractivity contribution in [2.75, 3.05) is 0 Å². The summed E-state index contributed by atoms with van der Waals surface area (Å²) in [6, 6.07) is 8.93. The molecule has 1 heteroatoms. The van der Waals surface area contributed by atoms with Gasteiger partial charge in [0.1, 0.15) is 0 Å². The molecule has 62 valence electrons. The molecule has 0 amide bonds. The topological polar surface area (TPSA) is 0 Å². The van der Waals surface area contributed by atoms with Crippen LogP contribution in [-0.4, -0.2) is 18.4 Å². The van der Waals surface area contributed by atoms with Gasteiger partial charge in [-0.2, -0.15) is 0 Å². The van der Waals surface area contributed by atoms with E-state index in [9.17, 15) is 0 Å². The second-order valence-electron chi connectivity index (χ2n) is 3.99. The quantitative estimate of drug-likeness (QED) is 0.631. The SMILES string of the molecule is [CH3][Sn]1([CH3])[CH]=CCc2cccc[c]21. The van der Waals surface area contributed by atoms with E-state index in [-0.39, 0.29) is 0 Å². The summed E-state index contributed by atoms with van der Waals surface area (Å²) < 4.78 is 4.20. The van der Waals surface area contributed by atoms with Crippen LogP contribution in [0.2, 0.25) is 9.88 Å². The normalized spacial score (nSPS) is 18.8. The Balaban J connectivity index is 2.58. The minimum atomic E-state index is -1.92. The Morgan fingerprint density at radius 2 is 1.92 bits per heavy atom. The number of fused-ring (bicyclic) bond motifs is 1. The number of benzene rings is 1. The van der Waals surface area contributed by atoms with Gasteiger partial charge in [0, 0.05) is 0 Å². The van der Waals surface area contributed by atoms with Crippen molar-refractivity contribution < 1.29 is 0 Å². The van der Waals surface area contributed by atoms with Gasteiger partial charge < -0.3 is 0 Å². The Morgan fingerprint density at radius 3 is 2.67 bits per heavy atom. The first kappa shape index (κ1) is 8.36. The van der Waals surface area contributed by atoms with E-state index in [2.05, 4.69) is 44.3 Å². The first-order valence-electron chi connectivity index (χ1n) is 4.46. The molecule has 1 heterocycles. The maximum atomic E-state index is 2.51. The van der Waals surface area contributed by atoms with Crippen LogP contribution >= 0.6 is 0 Å². The molecule has 0 saturated carbocycles. The number of hydrogen-bond donors (Lipinski definition) is 0. The molecule has 0 aliphatic carbocycles. The fraction of sp³-hybridized carbons (Fsp3) is 0.273. The van der Waals surface area contributed by atoms with E-state index in [0.717, 1.165) is 6.42 Å². The van der Waals surface area contributed by atoms with E-state index in [0.29, 0.717) is 0 Å². The summed E-state index contributed by atoms with van der Waals surface area (Å²) in [6.07, 6.45) is 3.51. The van der Waals surface area contributed by atoms with Crippen molar-refractivity contribution in [1.29, 1.82) is 0 Å². The number of rotatable bonds is 0. The van der Waals surface area contributed by atoms with E-state index < -0.39 is 18.4 Å². The Kier molecular flexibility index (Phi) is 2.03. The Hall–Kier alpha value is -0.241. The van der Waals surface area contributed by atoms with Gasteiger partial charge in [0.05, 0.1) is 0 Å². The van der Waals surface area contributed by atoms with E-state index in [1.807, 2.05) is 0 Å². The molecule has 12 heavy (non-hydrogen) atoms. The van der Waals surface area contributed by atoms with Crippen molar-refractivity contribution in [2.24, 2.45) is 0 Å². The van der Waals surface area contributed by atoms with Crippen molar-refractivity contribution in [1.82, 2.24) is 0 Å². The van der Waals surface area contributed by atoms with Gasteiger partial charge in [0.2, 0.25) is 0 Å². The average Bonchev–Trinajstić information content (AvgIpc) is 2.04. The number of allylic oxidation sites excluding steroid dienone is 1. The molecule has 0 radical (unpaired) electrons. The van der Waals surface area contributed by atoms with Gasteiger partial charge in [0.25, 0.3) is 0 Å². The predicted molar refractivity (Wildman–Crippen MR) is 56.4 cm³/mol. The molecule has 1 aliphatic heterocycles. The Morgan fingerprint density at radius 1 is 1.17 bits per heavy atom. The molecule has 1 aromatic rings. The van der Waals surface area contributed by atoms with Crippen LogP contribution in [0.3, 0.4) is 0 Å². The standard InChI is InChI=1S/C9H8.2CH3.Sn/c1-2-6-9-7-4-3-5-8-9;;;/h1-5,7H,6H2;2*1H3;. The molecule has 0 N–H and O–H groups in total. The Labute approximate surface area is 78.2 Å². The van der Waals surface area contributed by atoms with Crippen LogP contribution in [0, 0.1) is 0 Å². The molecule has 2 rings (SSSR count). The molecular weight excluding hydrogens is 251 g/mol. The monoisotopic (exact) mass is 266 g/mol. The van der Waals surface area contributed by atoms with Gasteiger partial charge >= 0.3 is 78.3 Å². The zero-order valence-corrected chi connectivity index (χ0v) is 10.5. The zero-order chi connectivity index (χ0) is 8.60. The third kappa shape index (κ3) is 1.33. The van der Waals surface area contributed by atoms with Crippen molar-refractivity contribution in [3.05, 3.63) is 40.0 Å². The Bertz CT molecular complexity index is 324. The summed E-state index contributed by atoms with van der Waals surface area (Å²) >= 11 is -1.92. The molecule has 0 spiro atoms. The molecule has 0 atom stereocenters. The summed E-state index contributed by atoms with van der Waals surface area (Å²) in [7, 11) is 0. The average molecular weight is 265 g/mol. The summed E-state index contributed by atoms with van der Waals surface area (Å²) in [6.45, 7) is 0. The molecule has 1 aliphatic rings. The summed E-state index contributed by atoms with van der Waals surface area (Å²) in [4.78, 5) is 4.95. The third-order valence-corrected chi connectivity index (χ3v) is 11.0. The van der Waals surface area contributed by atoms with Crippen LogP contribution < -0.4 is 3.58 Å². The molecule has 1 aromatic carbocycles. The van der Waals surface area contributed by atoms with Gasteiger partial charge in [-0.15, -0.1) is 0 Å². The summed E-state index contributed by atoms with van der Waals surface area (Å²) in [5.41, 5.74) is 1.57. The van der Waals surface area contributed by atoms with E-state index in [1.54, 1.807) is 9.14 Å². The molecule has 0 saturated heterocycles. The molecule has 0 nitrogen and oxygen atoms in total. The van der Waals surface area contributed by atoms with Gasteiger partial charge in [0.15, 0.2) is 0 Å². The van der Waals surface area contributed by atoms with Crippen molar-refractivity contribution in [2.45, 2.75) is 16.3 Å². The minimum absolute atomic E-state index is 1.15. The molecule has 0 aromatic heterocycles. The van der Waals surface area contributed by atoms with Crippen molar-refractivity contribution in [3.8, 4) is 0 Å². The fourth-order valence-corrected chi connectivity index (χ4v) is 8.82. The first-order chi connectivity index (χ1) is 5.70. The van der Waals surface area contributed by atoms with Crippen LogP contribution in [0.4, 0.5) is 0 Å². The van der Waals surface area contributed by atoms with Crippen LogP contribution in [0.15, 0.2) is 34.4 Å². The van der Waals surface area contributed by atoms with Crippen LogP contribution in [0.5, 0.6) is 0 Å². The third-order valence-electron chi connectivity index (χ3n) is 2.58. The second-order valence-corrected chi connectivity index (χ2v) is 16.3. The van der Waals surface area contributed by atoms with Crippen LogP contribution in [0.1, 0.15) is 5.56 Å². The summed E-state index contributed by atoms with van der Waals surface area (Å²) in [5, 5.41) is 0. The molecular formula is C11H14Sn. The van der Waals surface area contributed by atoms with E-state index in [4.69, 9.17) is 0 Å². The van der Waals surface area contributed by atoms with Crippen LogP contribution in [0.25, 0.3) is 0 Å². The predicted octanol–water partition coefficient (Wildman–Crippen LogP) is 2.25. The number of hydrogen-bond acceptors (Lipinski definition) is 0. The van der Waals surface area contributed by atoms with Gasteiger partial charge in [-0.25, -0.2) is 0 Å². The first-order valence-corrected chi connectivity index (χ1v) is 13.2. The van der Waals surface area contributed by atoms with Crippen LogP contribution in [-0.2, 0) is 6.42 Å². The van der Waals surface area contributed by atoms with Gasteiger partial charge in [-0.1, -0.05) is 0 Å². The zero-order valence-electron chi connectivity index (χ0n) is 7.67. The fourth-order valence-electron chi connectivity index (χ4n) is 1.90. The van der Waals surface area contributed by atoms with E-state index in [1.165, 1.54) is 0 Å². The molecule has 0 bridgehead atoms. The van der Waals surface area contributed by atoms with Crippen molar-refractivity contribution >= 4 is 22.0 Å². The maximum absolute atomic E-state index is 2.51.